The van der Waals surface area contributed by atoms with E-state index in [-0.39, 0.29) is 0 Å². The van der Waals surface area contributed by atoms with Gasteiger partial charge in [-0.05, 0) is 41.8 Å². The molecule has 0 spiro atoms. The third kappa shape index (κ3) is 3.55. The van der Waals surface area contributed by atoms with Gasteiger partial charge >= 0.3 is 0 Å². The first-order chi connectivity index (χ1) is 14.8. The molecule has 3 aromatic heterocycles. The van der Waals surface area contributed by atoms with Gasteiger partial charge in [-0.1, -0.05) is 49.4 Å². The van der Waals surface area contributed by atoms with E-state index in [4.69, 9.17) is 14.7 Å². The summed E-state index contributed by atoms with van der Waals surface area (Å²) in [5, 5.41) is 3.05. The largest absolute Gasteiger partial charge is 0.438 e. The topological polar surface area (TPSA) is 47.9 Å². The van der Waals surface area contributed by atoms with Gasteiger partial charge in [0.2, 0.25) is 5.88 Å². The first kappa shape index (κ1) is 18.5. The van der Waals surface area contributed by atoms with Gasteiger partial charge in [-0.15, -0.1) is 11.3 Å². The summed E-state index contributed by atoms with van der Waals surface area (Å²) in [6.07, 6.45) is 4.51. The van der Waals surface area contributed by atoms with Crippen LogP contribution >= 0.6 is 11.3 Å². The molecule has 0 fully saturated rings. The van der Waals surface area contributed by atoms with Crippen LogP contribution in [0.3, 0.4) is 0 Å². The Bertz CT molecular complexity index is 1280. The lowest BCUT2D eigenvalue weighted by molar-refractivity contribution is 0.469. The van der Waals surface area contributed by atoms with Gasteiger partial charge in [0.15, 0.2) is 5.82 Å². The highest BCUT2D eigenvalue weighted by molar-refractivity contribution is 7.17. The maximum Gasteiger partial charge on any atom is 0.232 e. The van der Waals surface area contributed by atoms with Crippen LogP contribution in [-0.2, 0) is 6.42 Å². The number of fused-ring (bicyclic) bond motifs is 1. The number of aromatic nitrogens is 3. The van der Waals surface area contributed by atoms with Gasteiger partial charge in [0.25, 0.3) is 0 Å². The van der Waals surface area contributed by atoms with Crippen molar-refractivity contribution in [2.45, 2.75) is 13.3 Å². The molecule has 3 heterocycles. The number of aryl methyl sites for hydroxylation is 1. The zero-order valence-electron chi connectivity index (χ0n) is 16.4. The van der Waals surface area contributed by atoms with E-state index in [1.807, 2.05) is 42.5 Å². The predicted molar refractivity (Wildman–Crippen MR) is 122 cm³/mol. The van der Waals surface area contributed by atoms with Crippen LogP contribution in [0.5, 0.6) is 11.6 Å². The van der Waals surface area contributed by atoms with E-state index >= 15 is 0 Å². The van der Waals surface area contributed by atoms with Gasteiger partial charge in [-0.3, -0.25) is 4.98 Å². The number of ether oxygens (including phenoxy) is 1. The molecule has 0 amide bonds. The van der Waals surface area contributed by atoms with Crippen LogP contribution in [0, 0.1) is 0 Å². The van der Waals surface area contributed by atoms with Crippen LogP contribution in [0.4, 0.5) is 0 Å². The minimum atomic E-state index is 0.559. The number of nitrogens with zero attached hydrogens (tertiary/aromatic N) is 3. The molecule has 4 nitrogen and oxygen atoms in total. The molecule has 0 aliphatic rings. The van der Waals surface area contributed by atoms with E-state index in [0.717, 1.165) is 39.1 Å². The van der Waals surface area contributed by atoms with E-state index in [9.17, 15) is 0 Å². The second-order valence-corrected chi connectivity index (χ2v) is 7.75. The Balaban J connectivity index is 1.68. The van der Waals surface area contributed by atoms with Crippen molar-refractivity contribution in [3.63, 3.8) is 0 Å². The molecule has 0 atom stereocenters. The Morgan fingerprint density at radius 3 is 2.40 bits per heavy atom. The zero-order valence-corrected chi connectivity index (χ0v) is 17.3. The number of hydrogen-bond donors (Lipinski definition) is 0. The monoisotopic (exact) mass is 409 g/mol. The highest BCUT2D eigenvalue weighted by atomic mass is 32.1. The highest BCUT2D eigenvalue weighted by Gasteiger charge is 2.18. The van der Waals surface area contributed by atoms with E-state index in [0.29, 0.717) is 11.7 Å². The molecule has 0 unspecified atom stereocenters. The summed E-state index contributed by atoms with van der Waals surface area (Å²) in [5.41, 5.74) is 4.33. The van der Waals surface area contributed by atoms with E-state index in [1.165, 1.54) is 5.56 Å². The summed E-state index contributed by atoms with van der Waals surface area (Å²) in [6, 6.07) is 22.3. The van der Waals surface area contributed by atoms with E-state index in [2.05, 4.69) is 41.6 Å². The molecule has 0 N–H and O–H groups in total. The van der Waals surface area contributed by atoms with Crippen molar-refractivity contribution in [2.24, 2.45) is 0 Å². The number of hydrogen-bond acceptors (Lipinski definition) is 5. The van der Waals surface area contributed by atoms with Crippen molar-refractivity contribution >= 4 is 21.6 Å². The lowest BCUT2D eigenvalue weighted by Gasteiger charge is -2.10. The SMILES string of the molecule is CCc1ccc(Oc2nc(-c3cccnc3)nc3scc(-c4ccccc4)c23)cc1. The fourth-order valence-corrected chi connectivity index (χ4v) is 4.28. The van der Waals surface area contributed by atoms with Gasteiger partial charge in [0.05, 0.1) is 5.39 Å². The number of thiophene rings is 1. The van der Waals surface area contributed by atoms with E-state index < -0.39 is 0 Å². The molecular weight excluding hydrogens is 390 g/mol. The third-order valence-electron chi connectivity index (χ3n) is 4.95. The molecular formula is C25H19N3OS. The molecule has 5 aromatic rings. The minimum Gasteiger partial charge on any atom is -0.438 e. The molecule has 0 aliphatic heterocycles. The van der Waals surface area contributed by atoms with Gasteiger partial charge in [-0.2, -0.15) is 4.98 Å². The minimum absolute atomic E-state index is 0.559. The van der Waals surface area contributed by atoms with Crippen molar-refractivity contribution in [2.75, 3.05) is 0 Å². The summed E-state index contributed by atoms with van der Waals surface area (Å²) in [5.74, 6) is 1.93. The van der Waals surface area contributed by atoms with Gasteiger partial charge < -0.3 is 4.74 Å². The summed E-state index contributed by atoms with van der Waals surface area (Å²) >= 11 is 1.60. The number of benzene rings is 2. The molecule has 146 valence electrons. The zero-order chi connectivity index (χ0) is 20.3. The molecule has 0 saturated carbocycles. The van der Waals surface area contributed by atoms with Crippen molar-refractivity contribution < 1.29 is 4.74 Å². The lowest BCUT2D eigenvalue weighted by atomic mass is 10.1. The Kier molecular flexibility index (Phi) is 4.95. The molecule has 0 bridgehead atoms. The van der Waals surface area contributed by atoms with Crippen LogP contribution in [0.25, 0.3) is 32.7 Å². The van der Waals surface area contributed by atoms with Crippen LogP contribution in [-0.4, -0.2) is 15.0 Å². The second kappa shape index (κ2) is 8.05. The van der Waals surface area contributed by atoms with Crippen molar-refractivity contribution in [3.8, 4) is 34.1 Å². The van der Waals surface area contributed by atoms with Crippen molar-refractivity contribution in [1.29, 1.82) is 0 Å². The fourth-order valence-electron chi connectivity index (χ4n) is 3.34. The summed E-state index contributed by atoms with van der Waals surface area (Å²) < 4.78 is 6.31. The summed E-state index contributed by atoms with van der Waals surface area (Å²) in [6.45, 7) is 2.14. The standard InChI is InChI=1S/C25H19N3OS/c1-2-17-10-12-20(13-11-17)29-24-22-21(18-7-4-3-5-8-18)16-30-25(22)28-23(27-24)19-9-6-14-26-15-19/h3-16H,2H2,1H3. The van der Waals surface area contributed by atoms with Crippen molar-refractivity contribution in [3.05, 3.63) is 90.1 Å². The van der Waals surface area contributed by atoms with Gasteiger partial charge in [0, 0.05) is 28.9 Å². The molecule has 5 heteroatoms. The molecule has 0 radical (unpaired) electrons. The van der Waals surface area contributed by atoms with E-state index in [1.54, 1.807) is 23.7 Å². The lowest BCUT2D eigenvalue weighted by Crippen LogP contribution is -1.96. The van der Waals surface area contributed by atoms with Crippen LogP contribution in [0.2, 0.25) is 0 Å². The number of rotatable bonds is 5. The first-order valence-corrected chi connectivity index (χ1v) is 10.7. The van der Waals surface area contributed by atoms with Crippen molar-refractivity contribution in [1.82, 2.24) is 15.0 Å². The third-order valence-corrected chi connectivity index (χ3v) is 5.82. The molecule has 5 rings (SSSR count). The molecule has 0 aliphatic carbocycles. The van der Waals surface area contributed by atoms with Gasteiger partial charge in [-0.25, -0.2) is 4.98 Å². The second-order valence-electron chi connectivity index (χ2n) is 6.89. The fraction of sp³-hybridized carbons (Fsp3) is 0.0800. The molecule has 0 saturated heterocycles. The van der Waals surface area contributed by atoms with Crippen LogP contribution in [0.15, 0.2) is 84.5 Å². The Labute approximate surface area is 178 Å². The van der Waals surface area contributed by atoms with Crippen LogP contribution < -0.4 is 4.74 Å². The number of pyridine rings is 1. The first-order valence-electron chi connectivity index (χ1n) is 9.83. The summed E-state index contributed by atoms with van der Waals surface area (Å²) in [7, 11) is 0. The average Bonchev–Trinajstić information content (AvgIpc) is 3.25. The predicted octanol–water partition coefficient (Wildman–Crippen LogP) is 6.78. The maximum atomic E-state index is 6.31. The smallest absolute Gasteiger partial charge is 0.232 e. The Morgan fingerprint density at radius 2 is 1.67 bits per heavy atom. The maximum absolute atomic E-state index is 6.31. The molecule has 2 aromatic carbocycles. The Morgan fingerprint density at radius 1 is 0.867 bits per heavy atom. The molecule has 30 heavy (non-hydrogen) atoms. The highest BCUT2D eigenvalue weighted by Crippen LogP contribution is 2.40. The normalized spacial score (nSPS) is 11.0. The Hall–Kier alpha value is -3.57. The quantitative estimate of drug-likeness (QED) is 0.321. The van der Waals surface area contributed by atoms with Gasteiger partial charge in [0.1, 0.15) is 10.6 Å². The van der Waals surface area contributed by atoms with Crippen LogP contribution in [0.1, 0.15) is 12.5 Å². The summed E-state index contributed by atoms with van der Waals surface area (Å²) in [4.78, 5) is 14.7. The average molecular weight is 410 g/mol.